The Morgan fingerprint density at radius 1 is 1.39 bits per heavy atom. The molecule has 1 aromatic carbocycles. The van der Waals surface area contributed by atoms with E-state index in [9.17, 15) is 4.39 Å². The quantitative estimate of drug-likeness (QED) is 0.354. The minimum atomic E-state index is -1.34. The molecule has 4 heteroatoms. The highest BCUT2D eigenvalue weighted by Crippen LogP contribution is 2.18. The lowest BCUT2D eigenvalue weighted by molar-refractivity contribution is 0.731. The van der Waals surface area contributed by atoms with Crippen LogP contribution in [0.3, 0.4) is 0 Å². The average Bonchev–Trinajstić information content (AvgIpc) is 2.35. The number of rotatable bonds is 6. The third-order valence-electron chi connectivity index (χ3n) is 3.06. The number of hydrogen-bond donors (Lipinski definition) is 1. The number of hydrogen-bond acceptors (Lipinski definition) is 1. The second-order valence-electron chi connectivity index (χ2n) is 5.07. The summed E-state index contributed by atoms with van der Waals surface area (Å²) in [7, 11) is -1.34. The lowest BCUT2D eigenvalue weighted by Crippen LogP contribution is -2.30. The van der Waals surface area contributed by atoms with E-state index in [4.69, 9.17) is 5.41 Å². The largest absolute Gasteiger partial charge is 0.303 e. The van der Waals surface area contributed by atoms with Crippen LogP contribution in [0.15, 0.2) is 42.6 Å². The van der Waals surface area contributed by atoms with Gasteiger partial charge in [0.1, 0.15) is 0 Å². The summed E-state index contributed by atoms with van der Waals surface area (Å²) in [6.45, 7) is 8.89. The topological polar surface area (TPSA) is 27.1 Å². The highest BCUT2D eigenvalue weighted by atomic mass is 28.3. The Hall–Kier alpha value is -1.42. The standard InChI is InChI=1S/C14H21FN2Si/c1-4-18(2,3)12-8-11-17(14(15)16)13-9-6-5-7-10-13/h4-7,9-10,16H,1,8,11-12H2,2-3H3. The maximum Gasteiger partial charge on any atom is 0.282 e. The Kier molecular flexibility index (Phi) is 5.28. The minimum absolute atomic E-state index is 0.545. The Bertz CT molecular complexity index is 404. The molecule has 0 aliphatic carbocycles. The summed E-state index contributed by atoms with van der Waals surface area (Å²) in [5.74, 6) is 0. The van der Waals surface area contributed by atoms with Gasteiger partial charge < -0.3 is 4.90 Å². The van der Waals surface area contributed by atoms with Crippen molar-refractivity contribution in [3.05, 3.63) is 42.6 Å². The van der Waals surface area contributed by atoms with Crippen molar-refractivity contribution in [2.24, 2.45) is 0 Å². The molecule has 0 atom stereocenters. The van der Waals surface area contributed by atoms with Crippen LogP contribution in [0.2, 0.25) is 19.1 Å². The van der Waals surface area contributed by atoms with Gasteiger partial charge in [0.25, 0.3) is 6.09 Å². The molecule has 98 valence electrons. The monoisotopic (exact) mass is 264 g/mol. The first kappa shape index (κ1) is 14.6. The van der Waals surface area contributed by atoms with Crippen molar-refractivity contribution in [3.8, 4) is 0 Å². The first-order valence-corrected chi connectivity index (χ1v) is 9.45. The van der Waals surface area contributed by atoms with Crippen molar-refractivity contribution in [3.63, 3.8) is 0 Å². The van der Waals surface area contributed by atoms with Crippen LogP contribution in [0, 0.1) is 5.41 Å². The molecule has 0 saturated carbocycles. The summed E-state index contributed by atoms with van der Waals surface area (Å²) in [5.41, 5.74) is 2.80. The van der Waals surface area contributed by atoms with Gasteiger partial charge in [0.05, 0.1) is 8.07 Å². The Morgan fingerprint density at radius 2 is 2.00 bits per heavy atom. The number of anilines is 1. The van der Waals surface area contributed by atoms with E-state index >= 15 is 0 Å². The Morgan fingerprint density at radius 3 is 2.50 bits per heavy atom. The SMILES string of the molecule is C=C[Si](C)(C)CCCN(C(=N)F)c1ccccc1. The lowest BCUT2D eigenvalue weighted by Gasteiger charge is -2.23. The van der Waals surface area contributed by atoms with Gasteiger partial charge in [-0.1, -0.05) is 37.3 Å². The molecule has 0 radical (unpaired) electrons. The second kappa shape index (κ2) is 6.49. The summed E-state index contributed by atoms with van der Waals surface area (Å²) in [5, 5.41) is 7.22. The van der Waals surface area contributed by atoms with Gasteiger partial charge in [0.2, 0.25) is 0 Å². The van der Waals surface area contributed by atoms with Crippen molar-refractivity contribution < 1.29 is 4.39 Å². The fraction of sp³-hybridized carbons (Fsp3) is 0.357. The fourth-order valence-electron chi connectivity index (χ4n) is 1.74. The molecular weight excluding hydrogens is 243 g/mol. The van der Waals surface area contributed by atoms with E-state index in [0.29, 0.717) is 6.54 Å². The number of benzene rings is 1. The smallest absolute Gasteiger partial charge is 0.282 e. The molecule has 1 aromatic rings. The Labute approximate surface area is 110 Å². The van der Waals surface area contributed by atoms with Gasteiger partial charge >= 0.3 is 0 Å². The van der Waals surface area contributed by atoms with E-state index < -0.39 is 14.2 Å². The van der Waals surface area contributed by atoms with Gasteiger partial charge in [-0.25, -0.2) is 0 Å². The first-order chi connectivity index (χ1) is 8.46. The molecule has 1 rings (SSSR count). The molecule has 0 bridgehead atoms. The van der Waals surface area contributed by atoms with Crippen LogP contribution in [-0.2, 0) is 0 Å². The van der Waals surface area contributed by atoms with E-state index in [1.165, 1.54) is 4.90 Å². The number of amidine groups is 1. The molecule has 0 fully saturated rings. The van der Waals surface area contributed by atoms with E-state index in [-0.39, 0.29) is 0 Å². The number of nitrogens with zero attached hydrogens (tertiary/aromatic N) is 1. The van der Waals surface area contributed by atoms with E-state index in [1.807, 2.05) is 30.3 Å². The first-order valence-electron chi connectivity index (χ1n) is 6.16. The summed E-state index contributed by atoms with van der Waals surface area (Å²) >= 11 is 0. The number of para-hydroxylation sites is 1. The van der Waals surface area contributed by atoms with Gasteiger partial charge in [0.15, 0.2) is 0 Å². The predicted octanol–water partition coefficient (Wildman–Crippen LogP) is 4.22. The molecule has 1 N–H and O–H groups in total. The lowest BCUT2D eigenvalue weighted by atomic mass is 10.3. The van der Waals surface area contributed by atoms with Crippen LogP contribution in [0.1, 0.15) is 6.42 Å². The van der Waals surface area contributed by atoms with Gasteiger partial charge in [-0.3, -0.25) is 5.41 Å². The fourth-order valence-corrected chi connectivity index (χ4v) is 3.02. The molecule has 0 aliphatic rings. The molecule has 0 aromatic heterocycles. The van der Waals surface area contributed by atoms with Crippen molar-refractivity contribution in [2.45, 2.75) is 25.6 Å². The highest BCUT2D eigenvalue weighted by molar-refractivity contribution is 6.82. The zero-order chi connectivity index (χ0) is 13.6. The minimum Gasteiger partial charge on any atom is -0.303 e. The van der Waals surface area contributed by atoms with Gasteiger partial charge in [-0.15, -0.1) is 12.3 Å². The summed E-state index contributed by atoms with van der Waals surface area (Å²) in [6, 6.07) is 10.3. The normalized spacial score (nSPS) is 11.1. The molecule has 0 spiro atoms. The van der Waals surface area contributed by atoms with Crippen molar-refractivity contribution in [1.29, 1.82) is 5.41 Å². The molecule has 2 nitrogen and oxygen atoms in total. The summed E-state index contributed by atoms with van der Waals surface area (Å²) in [6.07, 6.45) is -0.00817. The third kappa shape index (κ3) is 4.45. The summed E-state index contributed by atoms with van der Waals surface area (Å²) < 4.78 is 13.3. The van der Waals surface area contributed by atoms with Crippen LogP contribution >= 0.6 is 0 Å². The maximum absolute atomic E-state index is 13.3. The van der Waals surface area contributed by atoms with Crippen molar-refractivity contribution in [2.75, 3.05) is 11.4 Å². The molecule has 0 saturated heterocycles. The van der Waals surface area contributed by atoms with E-state index in [2.05, 4.69) is 25.4 Å². The van der Waals surface area contributed by atoms with Gasteiger partial charge in [-0.2, -0.15) is 4.39 Å². The predicted molar refractivity (Wildman–Crippen MR) is 79.7 cm³/mol. The molecule has 0 heterocycles. The zero-order valence-electron chi connectivity index (χ0n) is 11.1. The van der Waals surface area contributed by atoms with Crippen LogP contribution in [0.25, 0.3) is 0 Å². The molecular formula is C14H21FN2Si. The maximum atomic E-state index is 13.3. The zero-order valence-corrected chi connectivity index (χ0v) is 12.1. The average molecular weight is 264 g/mol. The van der Waals surface area contributed by atoms with Gasteiger partial charge in [0, 0.05) is 12.2 Å². The number of nitrogens with one attached hydrogen (secondary N) is 1. The third-order valence-corrected chi connectivity index (χ3v) is 5.81. The molecule has 0 aliphatic heterocycles. The molecule has 18 heavy (non-hydrogen) atoms. The summed E-state index contributed by atoms with van der Waals surface area (Å²) in [4.78, 5) is 1.41. The second-order valence-corrected chi connectivity index (χ2v) is 9.96. The van der Waals surface area contributed by atoms with Crippen molar-refractivity contribution >= 4 is 19.9 Å². The molecule has 0 unspecified atom stereocenters. The van der Waals surface area contributed by atoms with Crippen LogP contribution in [0.5, 0.6) is 0 Å². The van der Waals surface area contributed by atoms with Crippen LogP contribution < -0.4 is 4.90 Å². The number of halogens is 1. The van der Waals surface area contributed by atoms with Gasteiger partial charge in [-0.05, 0) is 18.6 Å². The molecule has 0 amide bonds. The van der Waals surface area contributed by atoms with E-state index in [0.717, 1.165) is 18.2 Å². The highest BCUT2D eigenvalue weighted by Gasteiger charge is 2.17. The van der Waals surface area contributed by atoms with E-state index in [1.54, 1.807) is 0 Å². The van der Waals surface area contributed by atoms with Crippen LogP contribution in [-0.4, -0.2) is 20.7 Å². The Balaban J connectivity index is 2.61. The van der Waals surface area contributed by atoms with Crippen LogP contribution in [0.4, 0.5) is 10.1 Å². The van der Waals surface area contributed by atoms with Crippen molar-refractivity contribution in [1.82, 2.24) is 0 Å².